The molecule has 0 saturated heterocycles. The molecule has 0 heterocycles. The van der Waals surface area contributed by atoms with Crippen LogP contribution in [-0.4, -0.2) is 30.2 Å². The fourth-order valence-electron chi connectivity index (χ4n) is 0.955. The average Bonchev–Trinajstić information content (AvgIpc) is 2.15. The first kappa shape index (κ1) is 13.4. The number of hydrogen-bond acceptors (Lipinski definition) is 3. The van der Waals surface area contributed by atoms with E-state index in [4.69, 9.17) is 10.8 Å². The predicted molar refractivity (Wildman–Crippen MR) is 56.8 cm³/mol. The van der Waals surface area contributed by atoms with Gasteiger partial charge >= 0.3 is 0 Å². The van der Waals surface area contributed by atoms with Crippen LogP contribution in [0, 0.1) is 5.41 Å². The molecule has 0 rings (SSSR count). The maximum absolute atomic E-state index is 11.4. The molecule has 4 heteroatoms. The van der Waals surface area contributed by atoms with Crippen LogP contribution in [0.1, 0.15) is 33.6 Å². The van der Waals surface area contributed by atoms with Gasteiger partial charge in [-0.15, -0.1) is 0 Å². The lowest BCUT2D eigenvalue weighted by atomic mass is 9.95. The van der Waals surface area contributed by atoms with E-state index in [1.54, 1.807) is 0 Å². The molecular formula is C10H22N2O2. The topological polar surface area (TPSA) is 75.4 Å². The Hall–Kier alpha value is -0.610. The number of nitrogens with two attached hydrogens (primary N) is 1. The summed E-state index contributed by atoms with van der Waals surface area (Å²) in [5.74, 6) is -0.131. The van der Waals surface area contributed by atoms with Crippen molar-refractivity contribution in [2.75, 3.05) is 13.2 Å². The number of carbonyl (C=O) groups is 1. The maximum atomic E-state index is 11.4. The smallest absolute Gasteiger partial charge is 0.236 e. The summed E-state index contributed by atoms with van der Waals surface area (Å²) in [6, 6.07) is -0.422. The fourth-order valence-corrected chi connectivity index (χ4v) is 0.955. The minimum absolute atomic E-state index is 0.0519. The number of rotatable bonds is 6. The molecule has 0 saturated carbocycles. The molecular weight excluding hydrogens is 180 g/mol. The summed E-state index contributed by atoms with van der Waals surface area (Å²) in [6.45, 7) is 6.28. The van der Waals surface area contributed by atoms with Crippen molar-refractivity contribution >= 4 is 5.91 Å². The molecule has 0 radical (unpaired) electrons. The van der Waals surface area contributed by atoms with Crippen LogP contribution in [0.2, 0.25) is 0 Å². The Balaban J connectivity index is 3.84. The van der Waals surface area contributed by atoms with Gasteiger partial charge in [-0.1, -0.05) is 27.2 Å². The van der Waals surface area contributed by atoms with Crippen LogP contribution in [0.5, 0.6) is 0 Å². The van der Waals surface area contributed by atoms with Gasteiger partial charge in [0.05, 0.1) is 6.04 Å². The average molecular weight is 202 g/mol. The molecule has 1 unspecified atom stereocenters. The van der Waals surface area contributed by atoms with Crippen molar-refractivity contribution in [2.24, 2.45) is 11.1 Å². The highest BCUT2D eigenvalue weighted by atomic mass is 16.3. The van der Waals surface area contributed by atoms with E-state index in [1.165, 1.54) is 0 Å². The van der Waals surface area contributed by atoms with Gasteiger partial charge in [-0.05, 0) is 6.42 Å². The Kier molecular flexibility index (Phi) is 5.72. The third-order valence-electron chi connectivity index (χ3n) is 2.11. The van der Waals surface area contributed by atoms with Gasteiger partial charge in [-0.3, -0.25) is 4.79 Å². The number of hydrogen-bond donors (Lipinski definition) is 3. The van der Waals surface area contributed by atoms with E-state index in [9.17, 15) is 4.79 Å². The molecule has 0 aliphatic carbocycles. The Morgan fingerprint density at radius 3 is 2.57 bits per heavy atom. The number of amides is 1. The molecule has 0 aromatic carbocycles. The summed E-state index contributed by atoms with van der Waals surface area (Å²) in [6.07, 6.45) is 1.60. The molecule has 4 nitrogen and oxygen atoms in total. The lowest BCUT2D eigenvalue weighted by Crippen LogP contribution is -2.44. The first-order valence-corrected chi connectivity index (χ1v) is 5.07. The summed E-state index contributed by atoms with van der Waals surface area (Å²) in [4.78, 5) is 11.4. The van der Waals surface area contributed by atoms with Crippen molar-refractivity contribution in [3.05, 3.63) is 0 Å². The lowest BCUT2D eigenvalue weighted by molar-refractivity contribution is -0.123. The lowest BCUT2D eigenvalue weighted by Gasteiger charge is -2.22. The van der Waals surface area contributed by atoms with Crippen LogP contribution in [0.3, 0.4) is 0 Å². The van der Waals surface area contributed by atoms with E-state index in [0.717, 1.165) is 6.42 Å². The Bertz CT molecular complexity index is 181. The molecule has 14 heavy (non-hydrogen) atoms. The molecule has 0 fully saturated rings. The van der Waals surface area contributed by atoms with E-state index in [2.05, 4.69) is 5.32 Å². The highest BCUT2D eigenvalue weighted by Crippen LogP contribution is 2.11. The summed E-state index contributed by atoms with van der Waals surface area (Å²) >= 11 is 0. The molecule has 4 N–H and O–H groups in total. The Labute approximate surface area is 85.9 Å². The van der Waals surface area contributed by atoms with Crippen LogP contribution in [0.4, 0.5) is 0 Å². The van der Waals surface area contributed by atoms with E-state index in [1.807, 2.05) is 20.8 Å². The van der Waals surface area contributed by atoms with E-state index < -0.39 is 6.04 Å². The molecule has 1 amide bonds. The SMILES string of the molecule is CCCC(N)C(=O)NCC(C)(C)CO. The van der Waals surface area contributed by atoms with E-state index in [-0.39, 0.29) is 17.9 Å². The summed E-state index contributed by atoms with van der Waals surface area (Å²) in [5.41, 5.74) is 5.35. The van der Waals surface area contributed by atoms with Crippen LogP contribution in [-0.2, 0) is 4.79 Å². The first-order valence-electron chi connectivity index (χ1n) is 5.07. The number of aliphatic hydroxyl groups is 1. The zero-order valence-electron chi connectivity index (χ0n) is 9.34. The van der Waals surface area contributed by atoms with E-state index >= 15 is 0 Å². The molecule has 0 aromatic heterocycles. The molecule has 0 bridgehead atoms. The van der Waals surface area contributed by atoms with Gasteiger partial charge in [0.1, 0.15) is 0 Å². The molecule has 0 aliphatic rings. The second-order valence-corrected chi connectivity index (χ2v) is 4.44. The van der Waals surface area contributed by atoms with Crippen molar-refractivity contribution in [1.29, 1.82) is 0 Å². The van der Waals surface area contributed by atoms with Crippen LogP contribution in [0.25, 0.3) is 0 Å². The first-order chi connectivity index (χ1) is 6.43. The van der Waals surface area contributed by atoms with Crippen molar-refractivity contribution in [1.82, 2.24) is 5.32 Å². The Morgan fingerprint density at radius 2 is 2.14 bits per heavy atom. The van der Waals surface area contributed by atoms with Gasteiger partial charge in [-0.2, -0.15) is 0 Å². The van der Waals surface area contributed by atoms with Crippen molar-refractivity contribution < 1.29 is 9.90 Å². The zero-order valence-corrected chi connectivity index (χ0v) is 9.34. The van der Waals surface area contributed by atoms with Crippen LogP contribution >= 0.6 is 0 Å². The third-order valence-corrected chi connectivity index (χ3v) is 2.11. The highest BCUT2D eigenvalue weighted by molar-refractivity contribution is 5.81. The van der Waals surface area contributed by atoms with Crippen molar-refractivity contribution in [3.8, 4) is 0 Å². The minimum atomic E-state index is -0.422. The standard InChI is InChI=1S/C10H22N2O2/c1-4-5-8(11)9(14)12-6-10(2,3)7-13/h8,13H,4-7,11H2,1-3H3,(H,12,14). The Morgan fingerprint density at radius 1 is 1.57 bits per heavy atom. The molecule has 0 aliphatic heterocycles. The van der Waals surface area contributed by atoms with Gasteiger partial charge in [0, 0.05) is 18.6 Å². The molecule has 0 spiro atoms. The number of carbonyl (C=O) groups excluding carboxylic acids is 1. The predicted octanol–water partition coefficient (Wildman–Crippen LogP) is 0.249. The quantitative estimate of drug-likeness (QED) is 0.578. The van der Waals surface area contributed by atoms with Gasteiger partial charge in [0.15, 0.2) is 0 Å². The monoisotopic (exact) mass is 202 g/mol. The van der Waals surface area contributed by atoms with Gasteiger partial charge in [-0.25, -0.2) is 0 Å². The van der Waals surface area contributed by atoms with Crippen LogP contribution < -0.4 is 11.1 Å². The third kappa shape index (κ3) is 5.19. The second kappa shape index (κ2) is 5.98. The van der Waals surface area contributed by atoms with E-state index in [0.29, 0.717) is 13.0 Å². The summed E-state index contributed by atoms with van der Waals surface area (Å²) in [5, 5.41) is 11.7. The number of aliphatic hydroxyl groups excluding tert-OH is 1. The minimum Gasteiger partial charge on any atom is -0.396 e. The summed E-state index contributed by atoms with van der Waals surface area (Å²) < 4.78 is 0. The summed E-state index contributed by atoms with van der Waals surface area (Å²) in [7, 11) is 0. The highest BCUT2D eigenvalue weighted by Gasteiger charge is 2.19. The number of nitrogens with one attached hydrogen (secondary N) is 1. The molecule has 84 valence electrons. The van der Waals surface area contributed by atoms with Crippen molar-refractivity contribution in [3.63, 3.8) is 0 Å². The van der Waals surface area contributed by atoms with Gasteiger partial charge in [0.2, 0.25) is 5.91 Å². The fraction of sp³-hybridized carbons (Fsp3) is 0.900. The second-order valence-electron chi connectivity index (χ2n) is 4.44. The largest absolute Gasteiger partial charge is 0.396 e. The zero-order chi connectivity index (χ0) is 11.2. The maximum Gasteiger partial charge on any atom is 0.236 e. The van der Waals surface area contributed by atoms with Gasteiger partial charge < -0.3 is 16.2 Å². The van der Waals surface area contributed by atoms with Gasteiger partial charge in [0.25, 0.3) is 0 Å². The normalized spacial score (nSPS) is 13.8. The van der Waals surface area contributed by atoms with Crippen molar-refractivity contribution in [2.45, 2.75) is 39.7 Å². The molecule has 0 aromatic rings. The molecule has 1 atom stereocenters. The van der Waals surface area contributed by atoms with Crippen LogP contribution in [0.15, 0.2) is 0 Å².